The minimum Gasteiger partial charge on any atom is -0.497 e. The van der Waals surface area contributed by atoms with Crippen molar-refractivity contribution < 1.29 is 13.9 Å². The summed E-state index contributed by atoms with van der Waals surface area (Å²) in [5, 5.41) is 0. The van der Waals surface area contributed by atoms with E-state index in [1.54, 1.807) is 7.11 Å². The van der Waals surface area contributed by atoms with Crippen molar-refractivity contribution in [2.24, 2.45) is 5.92 Å². The van der Waals surface area contributed by atoms with Gasteiger partial charge in [0.2, 0.25) is 5.91 Å². The number of hydrazine groups is 1. The maximum Gasteiger partial charge on any atom is 0.229 e. The number of furan rings is 1. The molecule has 0 radical (unpaired) electrons. The number of carbonyl (C=O) groups excluding carboxylic acids is 1. The van der Waals surface area contributed by atoms with Crippen LogP contribution in [0.1, 0.15) is 30.0 Å². The molecule has 0 saturated carbocycles. The van der Waals surface area contributed by atoms with Gasteiger partial charge in [-0.25, -0.2) is 5.43 Å². The number of rotatable bonds is 6. The molecule has 25 heavy (non-hydrogen) atoms. The molecule has 1 aromatic carbocycles. The number of amides is 1. The van der Waals surface area contributed by atoms with Gasteiger partial charge in [0, 0.05) is 13.1 Å². The summed E-state index contributed by atoms with van der Waals surface area (Å²) in [6.45, 7) is 5.62. The third-order valence-corrected chi connectivity index (χ3v) is 4.59. The van der Waals surface area contributed by atoms with Crippen LogP contribution in [0.3, 0.4) is 0 Å². The number of nitrogens with one attached hydrogen (secondary N) is 2. The van der Waals surface area contributed by atoms with E-state index in [0.29, 0.717) is 19.6 Å². The fourth-order valence-corrected chi connectivity index (χ4v) is 3.22. The summed E-state index contributed by atoms with van der Waals surface area (Å²) >= 11 is 0. The molecule has 1 aliphatic rings. The number of hydrogen-bond acceptors (Lipinski definition) is 5. The van der Waals surface area contributed by atoms with Gasteiger partial charge in [0.05, 0.1) is 25.6 Å². The molecular weight excluding hydrogens is 318 g/mol. The zero-order valence-electron chi connectivity index (χ0n) is 14.9. The van der Waals surface area contributed by atoms with E-state index in [4.69, 9.17) is 9.15 Å². The van der Waals surface area contributed by atoms with Crippen LogP contribution < -0.4 is 15.6 Å². The van der Waals surface area contributed by atoms with Gasteiger partial charge in [0.1, 0.15) is 17.3 Å². The third-order valence-electron chi connectivity index (χ3n) is 4.59. The second-order valence-corrected chi connectivity index (χ2v) is 6.25. The Morgan fingerprint density at radius 1 is 1.36 bits per heavy atom. The van der Waals surface area contributed by atoms with Gasteiger partial charge >= 0.3 is 0 Å². The predicted octanol–water partition coefficient (Wildman–Crippen LogP) is 2.41. The zero-order chi connectivity index (χ0) is 17.8. The van der Waals surface area contributed by atoms with E-state index >= 15 is 0 Å². The highest BCUT2D eigenvalue weighted by molar-refractivity contribution is 5.80. The van der Waals surface area contributed by atoms with Crippen LogP contribution in [-0.2, 0) is 11.3 Å². The van der Waals surface area contributed by atoms with Crippen molar-refractivity contribution in [1.29, 1.82) is 0 Å². The van der Waals surface area contributed by atoms with Gasteiger partial charge < -0.3 is 14.1 Å². The van der Waals surface area contributed by atoms with Crippen molar-refractivity contribution in [1.82, 2.24) is 15.8 Å². The van der Waals surface area contributed by atoms with E-state index in [0.717, 1.165) is 22.8 Å². The Bertz CT molecular complexity index is 728. The first-order valence-electron chi connectivity index (χ1n) is 8.58. The van der Waals surface area contributed by atoms with Gasteiger partial charge in [-0.05, 0) is 43.7 Å². The molecule has 0 spiro atoms. The van der Waals surface area contributed by atoms with E-state index in [9.17, 15) is 4.79 Å². The van der Waals surface area contributed by atoms with E-state index in [-0.39, 0.29) is 17.9 Å². The summed E-state index contributed by atoms with van der Waals surface area (Å²) in [6, 6.07) is 11.6. The van der Waals surface area contributed by atoms with Gasteiger partial charge in [-0.15, -0.1) is 0 Å². The van der Waals surface area contributed by atoms with Crippen LogP contribution in [0.5, 0.6) is 5.75 Å². The van der Waals surface area contributed by atoms with Crippen molar-refractivity contribution in [3.05, 3.63) is 53.5 Å². The summed E-state index contributed by atoms with van der Waals surface area (Å²) in [5.74, 6) is 2.39. The molecule has 2 heterocycles. The minimum absolute atomic E-state index is 0.0880. The van der Waals surface area contributed by atoms with Crippen molar-refractivity contribution in [2.45, 2.75) is 26.4 Å². The van der Waals surface area contributed by atoms with Gasteiger partial charge in [-0.2, -0.15) is 0 Å². The fourth-order valence-electron chi connectivity index (χ4n) is 3.22. The molecule has 1 saturated heterocycles. The van der Waals surface area contributed by atoms with E-state index in [2.05, 4.69) is 10.9 Å². The highest BCUT2D eigenvalue weighted by Gasteiger charge is 2.36. The minimum atomic E-state index is -0.178. The van der Waals surface area contributed by atoms with Gasteiger partial charge in [0.15, 0.2) is 0 Å². The molecule has 1 amide bonds. The van der Waals surface area contributed by atoms with Crippen LogP contribution in [0.4, 0.5) is 0 Å². The van der Waals surface area contributed by atoms with Crippen LogP contribution in [0.2, 0.25) is 0 Å². The molecule has 6 heteroatoms. The molecule has 6 nitrogen and oxygen atoms in total. The van der Waals surface area contributed by atoms with Gasteiger partial charge in [-0.3, -0.25) is 10.2 Å². The fraction of sp³-hybridized carbons (Fsp3) is 0.421. The second-order valence-electron chi connectivity index (χ2n) is 6.25. The van der Waals surface area contributed by atoms with Crippen molar-refractivity contribution in [3.63, 3.8) is 0 Å². The predicted molar refractivity (Wildman–Crippen MR) is 94.9 cm³/mol. The Hall–Kier alpha value is -2.31. The lowest BCUT2D eigenvalue weighted by molar-refractivity contribution is -0.136. The standard InChI is InChI=1S/C19H25N3O3/c1-4-22(12-16-9-8-13(2)25-16)19(23)17-11-20-21-18(17)14-6-5-7-15(10-14)24-3/h5-10,17-18,20-21H,4,11-12H2,1-3H3. The lowest BCUT2D eigenvalue weighted by atomic mass is 9.93. The zero-order valence-corrected chi connectivity index (χ0v) is 14.9. The summed E-state index contributed by atoms with van der Waals surface area (Å²) in [4.78, 5) is 14.9. The Morgan fingerprint density at radius 2 is 2.20 bits per heavy atom. The molecule has 134 valence electrons. The smallest absolute Gasteiger partial charge is 0.229 e. The SMILES string of the molecule is CCN(Cc1ccc(C)o1)C(=O)C1CNNC1c1cccc(OC)c1. The molecule has 3 rings (SSSR count). The first-order chi connectivity index (χ1) is 12.1. The lowest BCUT2D eigenvalue weighted by Crippen LogP contribution is -2.38. The number of hydrogen-bond donors (Lipinski definition) is 2. The van der Waals surface area contributed by atoms with Gasteiger partial charge in [-0.1, -0.05) is 12.1 Å². The third kappa shape index (κ3) is 3.86. The number of ether oxygens (including phenoxy) is 1. The molecular formula is C19H25N3O3. The maximum atomic E-state index is 13.1. The normalized spacial score (nSPS) is 19.8. The average molecular weight is 343 g/mol. The summed E-state index contributed by atoms with van der Waals surface area (Å²) in [7, 11) is 1.65. The van der Waals surface area contributed by atoms with E-state index in [1.165, 1.54) is 0 Å². The largest absolute Gasteiger partial charge is 0.497 e. The summed E-state index contributed by atoms with van der Waals surface area (Å²) < 4.78 is 10.9. The molecule has 1 fully saturated rings. The number of benzene rings is 1. The molecule has 2 unspecified atom stereocenters. The molecule has 2 aromatic rings. The number of methoxy groups -OCH3 is 1. The van der Waals surface area contributed by atoms with Crippen molar-refractivity contribution in [3.8, 4) is 5.75 Å². The van der Waals surface area contributed by atoms with Crippen molar-refractivity contribution >= 4 is 5.91 Å². The number of carbonyl (C=O) groups is 1. The molecule has 1 aliphatic heterocycles. The maximum absolute atomic E-state index is 13.1. The van der Waals surface area contributed by atoms with E-state index < -0.39 is 0 Å². The lowest BCUT2D eigenvalue weighted by Gasteiger charge is -2.26. The summed E-state index contributed by atoms with van der Waals surface area (Å²) in [6.07, 6.45) is 0. The van der Waals surface area contributed by atoms with Gasteiger partial charge in [0.25, 0.3) is 0 Å². The van der Waals surface area contributed by atoms with Crippen LogP contribution >= 0.6 is 0 Å². The first-order valence-corrected chi connectivity index (χ1v) is 8.58. The molecule has 0 aliphatic carbocycles. The van der Waals surface area contributed by atoms with Crippen LogP contribution in [0, 0.1) is 12.8 Å². The van der Waals surface area contributed by atoms with Crippen molar-refractivity contribution in [2.75, 3.05) is 20.2 Å². The molecule has 0 bridgehead atoms. The van der Waals surface area contributed by atoms with E-state index in [1.807, 2.05) is 55.1 Å². The molecule has 1 aromatic heterocycles. The quantitative estimate of drug-likeness (QED) is 0.843. The average Bonchev–Trinajstić information content (AvgIpc) is 3.28. The first kappa shape index (κ1) is 17.5. The Balaban J connectivity index is 1.76. The second kappa shape index (κ2) is 7.72. The highest BCUT2D eigenvalue weighted by atomic mass is 16.5. The van der Waals surface area contributed by atoms with Crippen LogP contribution in [0.15, 0.2) is 40.8 Å². The Kier molecular flexibility index (Phi) is 5.40. The topological polar surface area (TPSA) is 66.7 Å². The number of nitrogens with zero attached hydrogens (tertiary/aromatic N) is 1. The molecule has 2 N–H and O–H groups in total. The highest BCUT2D eigenvalue weighted by Crippen LogP contribution is 2.29. The van der Waals surface area contributed by atoms with Crippen LogP contribution in [0.25, 0.3) is 0 Å². The van der Waals surface area contributed by atoms with Crippen LogP contribution in [-0.4, -0.2) is 31.0 Å². The number of aryl methyl sites for hydroxylation is 1. The monoisotopic (exact) mass is 343 g/mol. The Labute approximate surface area is 148 Å². The summed E-state index contributed by atoms with van der Waals surface area (Å²) in [5.41, 5.74) is 7.38. The molecule has 2 atom stereocenters. The Morgan fingerprint density at radius 3 is 2.88 bits per heavy atom.